The number of alkyl halides is 2. The normalized spacial score (nSPS) is 18.3. The van der Waals surface area contributed by atoms with Gasteiger partial charge in [0.2, 0.25) is 0 Å². The zero-order valence-electron chi connectivity index (χ0n) is 7.96. The predicted octanol–water partition coefficient (Wildman–Crippen LogP) is 1.61. The standard InChI is InChI=1S/C10H10F2N2O/c11-10(12)5-1-2-6-3-4-7(9(13)15)14-8(6)10/h3-4H,1-2,5H2,(H2,13,15). The van der Waals surface area contributed by atoms with Crippen LogP contribution in [0.1, 0.15) is 34.6 Å². The van der Waals surface area contributed by atoms with Crippen molar-refractivity contribution in [1.82, 2.24) is 4.98 Å². The van der Waals surface area contributed by atoms with E-state index in [2.05, 4.69) is 4.98 Å². The third-order valence-corrected chi connectivity index (χ3v) is 2.51. The van der Waals surface area contributed by atoms with Crippen molar-refractivity contribution in [2.24, 2.45) is 5.73 Å². The zero-order valence-corrected chi connectivity index (χ0v) is 7.96. The second-order valence-corrected chi connectivity index (χ2v) is 3.63. The number of hydrogen-bond acceptors (Lipinski definition) is 2. The Hall–Kier alpha value is -1.52. The average molecular weight is 212 g/mol. The van der Waals surface area contributed by atoms with Crippen LogP contribution in [0, 0.1) is 0 Å². The Morgan fingerprint density at radius 3 is 2.87 bits per heavy atom. The van der Waals surface area contributed by atoms with Gasteiger partial charge in [-0.25, -0.2) is 4.98 Å². The number of rotatable bonds is 1. The van der Waals surface area contributed by atoms with E-state index < -0.39 is 11.8 Å². The molecular formula is C10H10F2N2O. The molecule has 0 saturated carbocycles. The molecule has 1 amide bonds. The molecule has 3 nitrogen and oxygen atoms in total. The Kier molecular flexibility index (Phi) is 2.17. The fourth-order valence-electron chi connectivity index (χ4n) is 1.76. The third kappa shape index (κ3) is 1.69. The molecule has 0 aliphatic heterocycles. The zero-order chi connectivity index (χ0) is 11.1. The molecule has 0 fully saturated rings. The Balaban J connectivity index is 2.53. The highest BCUT2D eigenvalue weighted by molar-refractivity contribution is 5.90. The molecule has 0 unspecified atom stereocenters. The van der Waals surface area contributed by atoms with E-state index in [0.29, 0.717) is 18.4 Å². The summed E-state index contributed by atoms with van der Waals surface area (Å²) >= 11 is 0. The molecule has 1 aromatic rings. The van der Waals surface area contributed by atoms with Crippen molar-refractivity contribution in [3.8, 4) is 0 Å². The number of primary amides is 1. The van der Waals surface area contributed by atoms with E-state index >= 15 is 0 Å². The van der Waals surface area contributed by atoms with Crippen LogP contribution in [0.2, 0.25) is 0 Å². The first-order chi connectivity index (χ1) is 7.00. The second kappa shape index (κ2) is 3.25. The number of aryl methyl sites for hydroxylation is 1. The maximum atomic E-state index is 13.4. The number of carbonyl (C=O) groups excluding carboxylic acids is 1. The summed E-state index contributed by atoms with van der Waals surface area (Å²) in [5, 5.41) is 0. The van der Waals surface area contributed by atoms with E-state index in [4.69, 9.17) is 5.73 Å². The van der Waals surface area contributed by atoms with Crippen molar-refractivity contribution in [2.45, 2.75) is 25.2 Å². The SMILES string of the molecule is NC(=O)c1ccc2c(n1)C(F)(F)CCC2. The minimum atomic E-state index is -2.93. The Morgan fingerprint density at radius 1 is 1.47 bits per heavy atom. The van der Waals surface area contributed by atoms with Crippen LogP contribution in [-0.2, 0) is 12.3 Å². The van der Waals surface area contributed by atoms with Gasteiger partial charge in [-0.3, -0.25) is 4.79 Å². The monoisotopic (exact) mass is 212 g/mol. The smallest absolute Gasteiger partial charge is 0.290 e. The molecular weight excluding hydrogens is 202 g/mol. The molecule has 0 radical (unpaired) electrons. The lowest BCUT2D eigenvalue weighted by Crippen LogP contribution is -2.25. The lowest BCUT2D eigenvalue weighted by molar-refractivity contribution is -0.0263. The summed E-state index contributed by atoms with van der Waals surface area (Å²) in [5.41, 5.74) is 5.11. The summed E-state index contributed by atoms with van der Waals surface area (Å²) in [7, 11) is 0. The van der Waals surface area contributed by atoms with Gasteiger partial charge in [0.1, 0.15) is 11.4 Å². The molecule has 0 saturated heterocycles. The molecule has 15 heavy (non-hydrogen) atoms. The molecule has 0 bridgehead atoms. The molecule has 2 N–H and O–H groups in total. The van der Waals surface area contributed by atoms with Gasteiger partial charge in [0, 0.05) is 6.42 Å². The van der Waals surface area contributed by atoms with E-state index in [1.165, 1.54) is 12.1 Å². The van der Waals surface area contributed by atoms with Crippen LogP contribution in [0.15, 0.2) is 12.1 Å². The van der Waals surface area contributed by atoms with Crippen LogP contribution in [-0.4, -0.2) is 10.9 Å². The number of hydrogen-bond donors (Lipinski definition) is 1. The summed E-state index contributed by atoms with van der Waals surface area (Å²) in [6.07, 6.45) is 0.809. The highest BCUT2D eigenvalue weighted by atomic mass is 19.3. The van der Waals surface area contributed by atoms with Gasteiger partial charge in [-0.15, -0.1) is 0 Å². The van der Waals surface area contributed by atoms with Gasteiger partial charge >= 0.3 is 0 Å². The van der Waals surface area contributed by atoms with Crippen LogP contribution in [0.5, 0.6) is 0 Å². The molecule has 2 rings (SSSR count). The van der Waals surface area contributed by atoms with E-state index in [9.17, 15) is 13.6 Å². The molecule has 0 spiro atoms. The predicted molar refractivity (Wildman–Crippen MR) is 49.6 cm³/mol. The molecule has 0 atom stereocenters. The number of carbonyl (C=O) groups is 1. The first-order valence-electron chi connectivity index (χ1n) is 4.69. The Bertz CT molecular complexity index is 418. The fraction of sp³-hybridized carbons (Fsp3) is 0.400. The first kappa shape index (κ1) is 10.0. The maximum absolute atomic E-state index is 13.4. The van der Waals surface area contributed by atoms with Crippen molar-refractivity contribution in [3.05, 3.63) is 29.1 Å². The van der Waals surface area contributed by atoms with Gasteiger partial charge in [0.05, 0.1) is 0 Å². The van der Waals surface area contributed by atoms with Crippen LogP contribution >= 0.6 is 0 Å². The quantitative estimate of drug-likeness (QED) is 0.768. The number of aromatic nitrogens is 1. The van der Waals surface area contributed by atoms with Crippen LogP contribution < -0.4 is 5.73 Å². The minimum absolute atomic E-state index is 0.102. The molecule has 80 valence electrons. The number of nitrogens with zero attached hydrogens (tertiary/aromatic N) is 1. The highest BCUT2D eigenvalue weighted by Crippen LogP contribution is 2.38. The van der Waals surface area contributed by atoms with Gasteiger partial charge in [-0.1, -0.05) is 6.07 Å². The van der Waals surface area contributed by atoms with Crippen LogP contribution in [0.4, 0.5) is 8.78 Å². The number of amides is 1. The van der Waals surface area contributed by atoms with E-state index in [0.717, 1.165) is 0 Å². The third-order valence-electron chi connectivity index (χ3n) is 2.51. The molecule has 1 aliphatic rings. The van der Waals surface area contributed by atoms with Crippen molar-refractivity contribution >= 4 is 5.91 Å². The van der Waals surface area contributed by atoms with E-state index in [1.54, 1.807) is 0 Å². The summed E-state index contributed by atoms with van der Waals surface area (Å²) in [6.45, 7) is 0. The van der Waals surface area contributed by atoms with E-state index in [1.807, 2.05) is 0 Å². The van der Waals surface area contributed by atoms with Crippen molar-refractivity contribution < 1.29 is 13.6 Å². The highest BCUT2D eigenvalue weighted by Gasteiger charge is 2.38. The number of pyridine rings is 1. The van der Waals surface area contributed by atoms with Gasteiger partial charge in [-0.2, -0.15) is 8.78 Å². The van der Waals surface area contributed by atoms with Crippen LogP contribution in [0.3, 0.4) is 0 Å². The van der Waals surface area contributed by atoms with Crippen molar-refractivity contribution in [2.75, 3.05) is 0 Å². The Labute approximate surface area is 85.3 Å². The topological polar surface area (TPSA) is 56.0 Å². The van der Waals surface area contributed by atoms with Gasteiger partial charge in [0.25, 0.3) is 11.8 Å². The second-order valence-electron chi connectivity index (χ2n) is 3.63. The lowest BCUT2D eigenvalue weighted by Gasteiger charge is -2.23. The lowest BCUT2D eigenvalue weighted by atomic mass is 9.92. The largest absolute Gasteiger partial charge is 0.364 e. The molecule has 5 heteroatoms. The summed E-state index contributed by atoms with van der Waals surface area (Å²) in [5.74, 6) is -3.71. The summed E-state index contributed by atoms with van der Waals surface area (Å²) in [6, 6.07) is 2.90. The molecule has 1 aliphatic carbocycles. The Morgan fingerprint density at radius 2 is 2.20 bits per heavy atom. The van der Waals surface area contributed by atoms with Crippen molar-refractivity contribution in [1.29, 1.82) is 0 Å². The summed E-state index contributed by atoms with van der Waals surface area (Å²) < 4.78 is 26.9. The maximum Gasteiger partial charge on any atom is 0.290 e. The number of halogens is 2. The summed E-state index contributed by atoms with van der Waals surface area (Å²) in [4.78, 5) is 14.5. The van der Waals surface area contributed by atoms with Gasteiger partial charge < -0.3 is 5.73 Å². The van der Waals surface area contributed by atoms with Crippen LogP contribution in [0.25, 0.3) is 0 Å². The van der Waals surface area contributed by atoms with Gasteiger partial charge in [0.15, 0.2) is 0 Å². The molecule has 1 heterocycles. The number of nitrogens with two attached hydrogens (primary N) is 1. The average Bonchev–Trinajstić information content (AvgIpc) is 2.17. The van der Waals surface area contributed by atoms with Gasteiger partial charge in [-0.05, 0) is 24.5 Å². The van der Waals surface area contributed by atoms with Crippen molar-refractivity contribution in [3.63, 3.8) is 0 Å². The minimum Gasteiger partial charge on any atom is -0.364 e. The van der Waals surface area contributed by atoms with E-state index in [-0.39, 0.29) is 17.8 Å². The fourth-order valence-corrected chi connectivity index (χ4v) is 1.76. The first-order valence-corrected chi connectivity index (χ1v) is 4.69. The molecule has 1 aromatic heterocycles. The molecule has 0 aromatic carbocycles. The number of fused-ring (bicyclic) bond motifs is 1.